The smallest absolute Gasteiger partial charge is 0.236 e. The van der Waals surface area contributed by atoms with Crippen LogP contribution in [0, 0.1) is 6.92 Å². The average molecular weight is 305 g/mol. The standard InChI is InChI=1S/C12H9BrN4O/c1-7-11(13)12(15-6-14-7)18-9-3-2-8-5-16-17-10(8)4-9/h2-6H,1H3,(H,16,17). The Bertz CT molecular complexity index is 710. The minimum atomic E-state index is 0.501. The van der Waals surface area contributed by atoms with Crippen LogP contribution in [-0.2, 0) is 0 Å². The maximum Gasteiger partial charge on any atom is 0.236 e. The number of ether oxygens (including phenoxy) is 1. The SMILES string of the molecule is Cc1ncnc(Oc2ccc3cn[nH]c3c2)c1Br. The molecule has 0 aliphatic rings. The maximum absolute atomic E-state index is 5.72. The largest absolute Gasteiger partial charge is 0.438 e. The molecule has 0 spiro atoms. The number of aromatic nitrogens is 4. The van der Waals surface area contributed by atoms with Crippen molar-refractivity contribution in [2.75, 3.05) is 0 Å². The van der Waals surface area contributed by atoms with Gasteiger partial charge >= 0.3 is 0 Å². The highest BCUT2D eigenvalue weighted by molar-refractivity contribution is 9.10. The zero-order valence-electron chi connectivity index (χ0n) is 9.51. The highest BCUT2D eigenvalue weighted by atomic mass is 79.9. The van der Waals surface area contributed by atoms with Gasteiger partial charge in [-0.2, -0.15) is 5.10 Å². The molecule has 1 N–H and O–H groups in total. The molecule has 0 aliphatic heterocycles. The zero-order valence-corrected chi connectivity index (χ0v) is 11.1. The molecular weight excluding hydrogens is 296 g/mol. The van der Waals surface area contributed by atoms with Crippen molar-refractivity contribution >= 4 is 26.8 Å². The topological polar surface area (TPSA) is 63.7 Å². The van der Waals surface area contributed by atoms with E-state index in [4.69, 9.17) is 4.74 Å². The van der Waals surface area contributed by atoms with Gasteiger partial charge in [0.15, 0.2) is 0 Å². The van der Waals surface area contributed by atoms with Crippen molar-refractivity contribution in [1.29, 1.82) is 0 Å². The van der Waals surface area contributed by atoms with Crippen molar-refractivity contribution in [2.24, 2.45) is 0 Å². The number of hydrogen-bond donors (Lipinski definition) is 1. The van der Waals surface area contributed by atoms with Gasteiger partial charge in [0, 0.05) is 11.5 Å². The second-order valence-corrected chi connectivity index (χ2v) is 4.59. The lowest BCUT2D eigenvalue weighted by molar-refractivity contribution is 0.457. The van der Waals surface area contributed by atoms with E-state index in [1.807, 2.05) is 25.1 Å². The van der Waals surface area contributed by atoms with E-state index in [0.717, 1.165) is 21.1 Å². The predicted octanol–water partition coefficient (Wildman–Crippen LogP) is 3.22. The Kier molecular flexibility index (Phi) is 2.71. The predicted molar refractivity (Wildman–Crippen MR) is 70.6 cm³/mol. The van der Waals surface area contributed by atoms with Crippen molar-refractivity contribution in [2.45, 2.75) is 6.92 Å². The molecule has 0 fully saturated rings. The van der Waals surface area contributed by atoms with E-state index in [1.165, 1.54) is 6.33 Å². The van der Waals surface area contributed by atoms with E-state index in [-0.39, 0.29) is 0 Å². The number of hydrogen-bond acceptors (Lipinski definition) is 4. The molecule has 2 heterocycles. The van der Waals surface area contributed by atoms with Crippen LogP contribution in [0.4, 0.5) is 0 Å². The van der Waals surface area contributed by atoms with Crippen LogP contribution in [0.25, 0.3) is 10.9 Å². The van der Waals surface area contributed by atoms with E-state index in [2.05, 4.69) is 36.1 Å². The van der Waals surface area contributed by atoms with Gasteiger partial charge in [-0.25, -0.2) is 9.97 Å². The molecule has 0 unspecified atom stereocenters. The molecule has 0 saturated carbocycles. The van der Waals surface area contributed by atoms with Gasteiger partial charge in [0.2, 0.25) is 5.88 Å². The summed E-state index contributed by atoms with van der Waals surface area (Å²) in [6, 6.07) is 5.70. The molecular formula is C12H9BrN4O. The molecule has 18 heavy (non-hydrogen) atoms. The molecule has 0 aliphatic carbocycles. The van der Waals surface area contributed by atoms with Crippen molar-refractivity contribution in [3.05, 3.63) is 40.9 Å². The molecule has 5 nitrogen and oxygen atoms in total. The van der Waals surface area contributed by atoms with Crippen LogP contribution >= 0.6 is 15.9 Å². The van der Waals surface area contributed by atoms with E-state index in [1.54, 1.807) is 6.20 Å². The minimum Gasteiger partial charge on any atom is -0.438 e. The molecule has 3 rings (SSSR count). The summed E-state index contributed by atoms with van der Waals surface area (Å²) in [5, 5.41) is 7.90. The Morgan fingerprint density at radius 3 is 3.06 bits per heavy atom. The van der Waals surface area contributed by atoms with E-state index in [9.17, 15) is 0 Å². The van der Waals surface area contributed by atoms with Gasteiger partial charge in [0.1, 0.15) is 16.5 Å². The summed E-state index contributed by atoms with van der Waals surface area (Å²) in [5.74, 6) is 1.20. The maximum atomic E-state index is 5.72. The van der Waals surface area contributed by atoms with Crippen molar-refractivity contribution in [3.63, 3.8) is 0 Å². The number of H-pyrrole nitrogens is 1. The third kappa shape index (κ3) is 1.95. The lowest BCUT2D eigenvalue weighted by Crippen LogP contribution is -1.93. The van der Waals surface area contributed by atoms with Gasteiger partial charge < -0.3 is 4.74 Å². The van der Waals surface area contributed by atoms with Crippen LogP contribution in [0.1, 0.15) is 5.69 Å². The summed E-state index contributed by atoms with van der Waals surface area (Å²) in [6.45, 7) is 1.89. The fourth-order valence-electron chi connectivity index (χ4n) is 1.60. The number of benzene rings is 1. The van der Waals surface area contributed by atoms with Gasteiger partial charge in [-0.1, -0.05) is 0 Å². The first-order chi connectivity index (χ1) is 8.74. The zero-order chi connectivity index (χ0) is 12.5. The Morgan fingerprint density at radius 1 is 1.28 bits per heavy atom. The fraction of sp³-hybridized carbons (Fsp3) is 0.0833. The summed E-state index contributed by atoms with van der Waals surface area (Å²) in [7, 11) is 0. The lowest BCUT2D eigenvalue weighted by Gasteiger charge is -2.07. The van der Waals surface area contributed by atoms with Gasteiger partial charge in [-0.3, -0.25) is 5.10 Å². The highest BCUT2D eigenvalue weighted by Gasteiger charge is 2.08. The van der Waals surface area contributed by atoms with Crippen molar-refractivity contribution in [1.82, 2.24) is 20.2 Å². The molecule has 0 saturated heterocycles. The third-order valence-electron chi connectivity index (χ3n) is 2.56. The van der Waals surface area contributed by atoms with Crippen LogP contribution in [-0.4, -0.2) is 20.2 Å². The number of aromatic amines is 1. The molecule has 1 aromatic carbocycles. The molecule has 90 valence electrons. The quantitative estimate of drug-likeness (QED) is 0.789. The number of aryl methyl sites for hydroxylation is 1. The number of halogens is 1. The highest BCUT2D eigenvalue weighted by Crippen LogP contribution is 2.29. The van der Waals surface area contributed by atoms with Gasteiger partial charge in [0.05, 0.1) is 17.4 Å². The summed E-state index contributed by atoms with van der Waals surface area (Å²) >= 11 is 3.41. The van der Waals surface area contributed by atoms with Gasteiger partial charge in [-0.05, 0) is 35.0 Å². The van der Waals surface area contributed by atoms with Crippen molar-refractivity contribution in [3.8, 4) is 11.6 Å². The molecule has 2 aromatic heterocycles. The lowest BCUT2D eigenvalue weighted by atomic mass is 10.2. The number of nitrogens with zero attached hydrogens (tertiary/aromatic N) is 3. The van der Waals surface area contributed by atoms with Crippen LogP contribution < -0.4 is 4.74 Å². The minimum absolute atomic E-state index is 0.501. The second kappa shape index (κ2) is 4.38. The van der Waals surface area contributed by atoms with E-state index >= 15 is 0 Å². The summed E-state index contributed by atoms with van der Waals surface area (Å²) in [6.07, 6.45) is 3.24. The Labute approximate surface area is 111 Å². The number of fused-ring (bicyclic) bond motifs is 1. The first-order valence-electron chi connectivity index (χ1n) is 5.32. The van der Waals surface area contributed by atoms with Crippen LogP contribution in [0.15, 0.2) is 35.2 Å². The molecule has 0 radical (unpaired) electrons. The number of rotatable bonds is 2. The Morgan fingerprint density at radius 2 is 2.17 bits per heavy atom. The normalized spacial score (nSPS) is 10.8. The first kappa shape index (κ1) is 11.2. The van der Waals surface area contributed by atoms with Gasteiger partial charge in [-0.15, -0.1) is 0 Å². The van der Waals surface area contributed by atoms with Gasteiger partial charge in [0.25, 0.3) is 0 Å². The second-order valence-electron chi connectivity index (χ2n) is 3.80. The molecule has 0 atom stereocenters. The van der Waals surface area contributed by atoms with E-state index in [0.29, 0.717) is 11.6 Å². The van der Waals surface area contributed by atoms with Crippen LogP contribution in [0.2, 0.25) is 0 Å². The van der Waals surface area contributed by atoms with Crippen LogP contribution in [0.5, 0.6) is 11.6 Å². The molecule has 0 amide bonds. The Balaban J connectivity index is 1.98. The first-order valence-corrected chi connectivity index (χ1v) is 6.11. The average Bonchev–Trinajstić information content (AvgIpc) is 2.82. The Hall–Kier alpha value is -1.95. The third-order valence-corrected chi connectivity index (χ3v) is 3.47. The van der Waals surface area contributed by atoms with Crippen molar-refractivity contribution < 1.29 is 4.74 Å². The summed E-state index contributed by atoms with van der Waals surface area (Å²) in [5.41, 5.74) is 1.76. The van der Waals surface area contributed by atoms with Crippen LogP contribution in [0.3, 0.4) is 0 Å². The summed E-state index contributed by atoms with van der Waals surface area (Å²) < 4.78 is 6.48. The number of nitrogens with one attached hydrogen (secondary N) is 1. The fourth-order valence-corrected chi connectivity index (χ4v) is 1.88. The monoisotopic (exact) mass is 304 g/mol. The molecule has 3 aromatic rings. The van der Waals surface area contributed by atoms with E-state index < -0.39 is 0 Å². The summed E-state index contributed by atoms with van der Waals surface area (Å²) in [4.78, 5) is 8.16. The molecule has 6 heteroatoms. The molecule has 0 bridgehead atoms.